The van der Waals surface area contributed by atoms with E-state index < -0.39 is 6.04 Å². The van der Waals surface area contributed by atoms with Crippen LogP contribution in [-0.4, -0.2) is 47.8 Å². The van der Waals surface area contributed by atoms with Crippen LogP contribution < -0.4 is 10.6 Å². The fraction of sp³-hybridized carbons (Fsp3) is 0.550. The summed E-state index contributed by atoms with van der Waals surface area (Å²) in [6.07, 6.45) is 3.75. The van der Waals surface area contributed by atoms with Gasteiger partial charge in [0.1, 0.15) is 6.04 Å². The number of aryl methyl sites for hydroxylation is 2. The maximum atomic E-state index is 12.8. The van der Waals surface area contributed by atoms with Gasteiger partial charge in [-0.2, -0.15) is 0 Å². The van der Waals surface area contributed by atoms with Crippen LogP contribution in [0.5, 0.6) is 0 Å². The average molecular weight is 357 g/mol. The number of carbonyl (C=O) groups excluding carboxylic acids is 3. The predicted molar refractivity (Wildman–Crippen MR) is 98.8 cm³/mol. The number of nitrogens with one attached hydrogen (secondary N) is 2. The smallest absolute Gasteiger partial charge is 0.251 e. The summed E-state index contributed by atoms with van der Waals surface area (Å²) in [4.78, 5) is 38.6. The predicted octanol–water partition coefficient (Wildman–Crippen LogP) is 1.69. The highest BCUT2D eigenvalue weighted by Gasteiger charge is 2.35. The number of likely N-dealkylation sites (tertiary alicyclic amines) is 1. The molecule has 2 saturated heterocycles. The molecule has 0 saturated carbocycles. The first-order valence-electron chi connectivity index (χ1n) is 9.41. The van der Waals surface area contributed by atoms with Gasteiger partial charge in [0.25, 0.3) is 5.91 Å². The number of hydrogen-bond acceptors (Lipinski definition) is 3. The molecule has 2 atom stereocenters. The lowest BCUT2D eigenvalue weighted by Gasteiger charge is -2.31. The van der Waals surface area contributed by atoms with E-state index >= 15 is 0 Å². The van der Waals surface area contributed by atoms with Crippen molar-refractivity contribution in [1.29, 1.82) is 0 Å². The molecular formula is C20H27N3O3. The molecule has 2 fully saturated rings. The van der Waals surface area contributed by atoms with Gasteiger partial charge in [0.05, 0.1) is 0 Å². The molecule has 2 N–H and O–H groups in total. The molecule has 1 aromatic carbocycles. The molecule has 140 valence electrons. The maximum Gasteiger partial charge on any atom is 0.251 e. The fourth-order valence-corrected chi connectivity index (χ4v) is 3.72. The minimum Gasteiger partial charge on any atom is -0.350 e. The maximum absolute atomic E-state index is 12.8. The van der Waals surface area contributed by atoms with Crippen molar-refractivity contribution in [2.24, 2.45) is 0 Å². The molecule has 0 radical (unpaired) electrons. The Balaban J connectivity index is 1.58. The van der Waals surface area contributed by atoms with E-state index in [0.29, 0.717) is 31.5 Å². The minimum absolute atomic E-state index is 0.00294. The summed E-state index contributed by atoms with van der Waals surface area (Å²) in [6, 6.07) is 5.25. The van der Waals surface area contributed by atoms with Gasteiger partial charge in [-0.1, -0.05) is 6.07 Å². The van der Waals surface area contributed by atoms with Crippen LogP contribution in [0.25, 0.3) is 0 Å². The molecule has 1 aromatic rings. The lowest BCUT2D eigenvalue weighted by molar-refractivity contribution is -0.138. The van der Waals surface area contributed by atoms with E-state index in [1.807, 2.05) is 36.9 Å². The van der Waals surface area contributed by atoms with Gasteiger partial charge in [0.15, 0.2) is 0 Å². The van der Waals surface area contributed by atoms with Gasteiger partial charge >= 0.3 is 0 Å². The molecule has 6 nitrogen and oxygen atoms in total. The monoisotopic (exact) mass is 357 g/mol. The zero-order valence-electron chi connectivity index (χ0n) is 15.5. The van der Waals surface area contributed by atoms with Gasteiger partial charge in [0, 0.05) is 31.1 Å². The molecule has 2 aliphatic rings. The third-order valence-electron chi connectivity index (χ3n) is 5.46. The number of carbonyl (C=O) groups is 3. The second kappa shape index (κ2) is 7.89. The van der Waals surface area contributed by atoms with Crippen LogP contribution >= 0.6 is 0 Å². The highest BCUT2D eigenvalue weighted by molar-refractivity contribution is 5.94. The molecule has 0 bridgehead atoms. The normalized spacial score (nSPS) is 22.8. The molecule has 3 rings (SSSR count). The third kappa shape index (κ3) is 4.06. The van der Waals surface area contributed by atoms with Gasteiger partial charge in [-0.05, 0) is 62.8 Å². The summed E-state index contributed by atoms with van der Waals surface area (Å²) in [6.45, 7) is 5.14. The Morgan fingerprint density at radius 2 is 2.00 bits per heavy atom. The van der Waals surface area contributed by atoms with Crippen molar-refractivity contribution in [3.63, 3.8) is 0 Å². The zero-order chi connectivity index (χ0) is 18.7. The molecule has 2 heterocycles. The number of nitrogens with zero attached hydrogens (tertiary/aromatic N) is 1. The van der Waals surface area contributed by atoms with Crippen molar-refractivity contribution in [1.82, 2.24) is 15.5 Å². The molecule has 0 unspecified atom stereocenters. The van der Waals surface area contributed by atoms with E-state index in [-0.39, 0.29) is 23.8 Å². The van der Waals surface area contributed by atoms with Crippen molar-refractivity contribution < 1.29 is 14.4 Å². The summed E-state index contributed by atoms with van der Waals surface area (Å²) in [5.74, 6) is -0.173. The molecule has 26 heavy (non-hydrogen) atoms. The van der Waals surface area contributed by atoms with Crippen LogP contribution in [0.3, 0.4) is 0 Å². The van der Waals surface area contributed by atoms with Gasteiger partial charge in [-0.15, -0.1) is 0 Å². The fourth-order valence-electron chi connectivity index (χ4n) is 3.72. The zero-order valence-corrected chi connectivity index (χ0v) is 15.5. The first-order chi connectivity index (χ1) is 12.5. The number of piperidine rings is 1. The van der Waals surface area contributed by atoms with Crippen LogP contribution in [0.15, 0.2) is 18.2 Å². The number of amides is 3. The molecule has 0 spiro atoms. The lowest BCUT2D eigenvalue weighted by Crippen LogP contribution is -2.53. The first-order valence-corrected chi connectivity index (χ1v) is 9.41. The van der Waals surface area contributed by atoms with Crippen molar-refractivity contribution in [2.45, 2.75) is 58.0 Å². The van der Waals surface area contributed by atoms with Gasteiger partial charge in [0.2, 0.25) is 11.8 Å². The summed E-state index contributed by atoms with van der Waals surface area (Å²) >= 11 is 0. The van der Waals surface area contributed by atoms with Gasteiger partial charge in [-0.25, -0.2) is 0 Å². The topological polar surface area (TPSA) is 78.5 Å². The van der Waals surface area contributed by atoms with Crippen molar-refractivity contribution >= 4 is 17.7 Å². The van der Waals surface area contributed by atoms with Gasteiger partial charge < -0.3 is 15.5 Å². The molecule has 3 amide bonds. The summed E-state index contributed by atoms with van der Waals surface area (Å²) in [7, 11) is 0. The summed E-state index contributed by atoms with van der Waals surface area (Å²) < 4.78 is 0. The van der Waals surface area contributed by atoms with Crippen LogP contribution in [0, 0.1) is 13.8 Å². The number of hydrogen-bond donors (Lipinski definition) is 2. The number of benzene rings is 1. The minimum atomic E-state index is -0.410. The largest absolute Gasteiger partial charge is 0.350 e. The first kappa shape index (κ1) is 18.4. The van der Waals surface area contributed by atoms with Crippen LogP contribution in [0.1, 0.15) is 53.6 Å². The summed E-state index contributed by atoms with van der Waals surface area (Å²) in [5.41, 5.74) is 2.88. The second-order valence-electron chi connectivity index (χ2n) is 7.35. The Labute approximate surface area is 154 Å². The van der Waals surface area contributed by atoms with E-state index in [4.69, 9.17) is 0 Å². The Bertz CT molecular complexity index is 716. The van der Waals surface area contributed by atoms with Gasteiger partial charge in [-0.3, -0.25) is 14.4 Å². The Hall–Kier alpha value is -2.37. The van der Waals surface area contributed by atoms with Crippen molar-refractivity contribution in [3.05, 3.63) is 34.9 Å². The third-order valence-corrected chi connectivity index (χ3v) is 5.46. The van der Waals surface area contributed by atoms with E-state index in [1.54, 1.807) is 0 Å². The highest BCUT2D eigenvalue weighted by Crippen LogP contribution is 2.20. The van der Waals surface area contributed by atoms with Crippen LogP contribution in [0.2, 0.25) is 0 Å². The molecule has 2 aliphatic heterocycles. The van der Waals surface area contributed by atoms with Crippen LogP contribution in [0.4, 0.5) is 0 Å². The lowest BCUT2D eigenvalue weighted by atomic mass is 10.0. The Morgan fingerprint density at radius 3 is 2.73 bits per heavy atom. The highest BCUT2D eigenvalue weighted by atomic mass is 16.2. The Kier molecular flexibility index (Phi) is 5.59. The van der Waals surface area contributed by atoms with E-state index in [1.165, 1.54) is 0 Å². The van der Waals surface area contributed by atoms with Crippen LogP contribution in [-0.2, 0) is 9.59 Å². The SMILES string of the molecule is Cc1ccc(C(=O)NC[C@H]2CCCN2C(=O)[C@H]2CCCC(=O)N2)cc1C. The quantitative estimate of drug-likeness (QED) is 0.861. The molecular weight excluding hydrogens is 330 g/mol. The van der Waals surface area contributed by atoms with E-state index in [0.717, 1.165) is 30.4 Å². The molecule has 6 heteroatoms. The van der Waals surface area contributed by atoms with Crippen molar-refractivity contribution in [2.75, 3.05) is 13.1 Å². The van der Waals surface area contributed by atoms with E-state index in [2.05, 4.69) is 10.6 Å². The van der Waals surface area contributed by atoms with E-state index in [9.17, 15) is 14.4 Å². The standard InChI is InChI=1S/C20H27N3O3/c1-13-8-9-15(11-14(13)2)19(25)21-12-16-5-4-10-23(16)20(26)17-6-3-7-18(24)22-17/h8-9,11,16-17H,3-7,10,12H2,1-2H3,(H,21,25)(H,22,24)/t16-,17-/m1/s1. The Morgan fingerprint density at radius 1 is 1.19 bits per heavy atom. The number of rotatable bonds is 4. The second-order valence-corrected chi connectivity index (χ2v) is 7.35. The molecule has 0 aromatic heterocycles. The summed E-state index contributed by atoms with van der Waals surface area (Å²) in [5, 5.41) is 5.76. The average Bonchev–Trinajstić information content (AvgIpc) is 3.10. The molecule has 0 aliphatic carbocycles. The van der Waals surface area contributed by atoms with Crippen molar-refractivity contribution in [3.8, 4) is 0 Å².